The lowest BCUT2D eigenvalue weighted by molar-refractivity contribution is -0.123. The fourth-order valence-corrected chi connectivity index (χ4v) is 3.00. The van der Waals surface area contributed by atoms with Crippen molar-refractivity contribution in [1.29, 1.82) is 0 Å². The number of ketones is 1. The van der Waals surface area contributed by atoms with Gasteiger partial charge in [-0.25, -0.2) is 0 Å². The van der Waals surface area contributed by atoms with Crippen LogP contribution in [0.3, 0.4) is 0 Å². The van der Waals surface area contributed by atoms with E-state index in [2.05, 4.69) is 19.2 Å². The first-order valence-corrected chi connectivity index (χ1v) is 5.90. The molecule has 3 atom stereocenters. The zero-order chi connectivity index (χ0) is 10.1. The standard InChI is InChI=1S/C12H21NO/c1-8(2)3-12(14)9-4-10-6-13-7-11(10)5-9/h8-11,13H,3-7H2,1-2H3/t9?,10-,11+. The molecule has 0 amide bonds. The maximum atomic E-state index is 11.9. The van der Waals surface area contributed by atoms with Gasteiger partial charge in [-0.15, -0.1) is 0 Å². The van der Waals surface area contributed by atoms with E-state index in [4.69, 9.17) is 0 Å². The van der Waals surface area contributed by atoms with E-state index in [0.717, 1.165) is 44.2 Å². The van der Waals surface area contributed by atoms with Gasteiger partial charge in [-0.2, -0.15) is 0 Å². The molecule has 2 fully saturated rings. The van der Waals surface area contributed by atoms with Gasteiger partial charge in [-0.05, 0) is 43.7 Å². The lowest BCUT2D eigenvalue weighted by atomic mass is 9.94. The molecule has 80 valence electrons. The van der Waals surface area contributed by atoms with Crippen molar-refractivity contribution in [2.45, 2.75) is 33.1 Å². The Morgan fingerprint density at radius 1 is 1.29 bits per heavy atom. The second-order valence-corrected chi connectivity index (χ2v) is 5.41. The number of Topliss-reactive ketones (excluding diaryl/α,β-unsaturated/α-hetero) is 1. The highest BCUT2D eigenvalue weighted by Gasteiger charge is 2.39. The largest absolute Gasteiger partial charge is 0.316 e. The van der Waals surface area contributed by atoms with E-state index in [-0.39, 0.29) is 0 Å². The summed E-state index contributed by atoms with van der Waals surface area (Å²) < 4.78 is 0. The van der Waals surface area contributed by atoms with Crippen LogP contribution in [-0.4, -0.2) is 18.9 Å². The monoisotopic (exact) mass is 195 g/mol. The highest BCUT2D eigenvalue weighted by molar-refractivity contribution is 5.81. The maximum absolute atomic E-state index is 11.9. The van der Waals surface area contributed by atoms with Crippen LogP contribution in [-0.2, 0) is 4.79 Å². The number of hydrogen-bond donors (Lipinski definition) is 1. The Balaban J connectivity index is 1.86. The predicted molar refractivity (Wildman–Crippen MR) is 57.0 cm³/mol. The number of rotatable bonds is 3. The van der Waals surface area contributed by atoms with Crippen LogP contribution >= 0.6 is 0 Å². The number of fused-ring (bicyclic) bond motifs is 1. The number of hydrogen-bond acceptors (Lipinski definition) is 2. The first-order valence-electron chi connectivity index (χ1n) is 5.90. The van der Waals surface area contributed by atoms with Gasteiger partial charge in [0.2, 0.25) is 0 Å². The molecule has 2 aliphatic rings. The van der Waals surface area contributed by atoms with E-state index >= 15 is 0 Å². The molecule has 0 spiro atoms. The van der Waals surface area contributed by atoms with Crippen molar-refractivity contribution >= 4 is 5.78 Å². The van der Waals surface area contributed by atoms with Gasteiger partial charge in [-0.1, -0.05) is 13.8 Å². The summed E-state index contributed by atoms with van der Waals surface area (Å²) in [7, 11) is 0. The molecule has 14 heavy (non-hydrogen) atoms. The molecule has 1 unspecified atom stereocenters. The van der Waals surface area contributed by atoms with Gasteiger partial charge in [0.05, 0.1) is 0 Å². The van der Waals surface area contributed by atoms with E-state index in [9.17, 15) is 4.79 Å². The van der Waals surface area contributed by atoms with Crippen LogP contribution in [0.5, 0.6) is 0 Å². The molecule has 1 saturated heterocycles. The second kappa shape index (κ2) is 4.01. The highest BCUT2D eigenvalue weighted by atomic mass is 16.1. The fraction of sp³-hybridized carbons (Fsp3) is 0.917. The van der Waals surface area contributed by atoms with Crippen LogP contribution in [0.25, 0.3) is 0 Å². The number of nitrogens with one attached hydrogen (secondary N) is 1. The third-order valence-corrected chi connectivity index (χ3v) is 3.72. The Hall–Kier alpha value is -0.370. The summed E-state index contributed by atoms with van der Waals surface area (Å²) in [5.41, 5.74) is 0. The molecule has 1 aliphatic carbocycles. The van der Waals surface area contributed by atoms with Crippen LogP contribution in [0, 0.1) is 23.7 Å². The van der Waals surface area contributed by atoms with Gasteiger partial charge in [0, 0.05) is 12.3 Å². The SMILES string of the molecule is CC(C)CC(=O)C1C[C@H]2CNC[C@H]2C1. The summed E-state index contributed by atoms with van der Waals surface area (Å²) in [6, 6.07) is 0. The molecule has 2 heteroatoms. The maximum Gasteiger partial charge on any atom is 0.136 e. The van der Waals surface area contributed by atoms with Crippen molar-refractivity contribution in [1.82, 2.24) is 5.32 Å². The zero-order valence-electron chi connectivity index (χ0n) is 9.25. The molecule has 1 aliphatic heterocycles. The van der Waals surface area contributed by atoms with Gasteiger partial charge < -0.3 is 5.32 Å². The summed E-state index contributed by atoms with van der Waals surface area (Å²) in [6.07, 6.45) is 3.10. The molecule has 0 bridgehead atoms. The average molecular weight is 195 g/mol. The fourth-order valence-electron chi connectivity index (χ4n) is 3.00. The van der Waals surface area contributed by atoms with Crippen LogP contribution in [0.4, 0.5) is 0 Å². The summed E-state index contributed by atoms with van der Waals surface area (Å²) in [5.74, 6) is 3.05. The van der Waals surface area contributed by atoms with Gasteiger partial charge in [0.15, 0.2) is 0 Å². The number of carbonyl (C=O) groups excluding carboxylic acids is 1. The van der Waals surface area contributed by atoms with Crippen molar-refractivity contribution < 1.29 is 4.79 Å². The van der Waals surface area contributed by atoms with E-state index in [1.165, 1.54) is 0 Å². The van der Waals surface area contributed by atoms with Crippen LogP contribution in [0.15, 0.2) is 0 Å². The summed E-state index contributed by atoms with van der Waals surface area (Å²) in [6.45, 7) is 6.57. The number of carbonyl (C=O) groups is 1. The summed E-state index contributed by atoms with van der Waals surface area (Å²) >= 11 is 0. The van der Waals surface area contributed by atoms with Crippen molar-refractivity contribution in [3.05, 3.63) is 0 Å². The molecule has 1 N–H and O–H groups in total. The molecule has 0 aromatic carbocycles. The summed E-state index contributed by atoms with van der Waals surface area (Å²) in [4.78, 5) is 11.9. The Labute approximate surface area is 86.5 Å². The minimum absolute atomic E-state index is 0.398. The molecular formula is C12H21NO. The predicted octanol–water partition coefficient (Wildman–Crippen LogP) is 1.85. The van der Waals surface area contributed by atoms with E-state index in [1.807, 2.05) is 0 Å². The van der Waals surface area contributed by atoms with Crippen molar-refractivity contribution in [3.8, 4) is 0 Å². The first-order chi connectivity index (χ1) is 6.66. The smallest absolute Gasteiger partial charge is 0.136 e. The molecule has 1 heterocycles. The Kier molecular flexibility index (Phi) is 2.91. The van der Waals surface area contributed by atoms with Crippen molar-refractivity contribution in [3.63, 3.8) is 0 Å². The lowest BCUT2D eigenvalue weighted by Gasteiger charge is -2.11. The Morgan fingerprint density at radius 3 is 2.36 bits per heavy atom. The second-order valence-electron chi connectivity index (χ2n) is 5.41. The normalized spacial score (nSPS) is 36.4. The molecule has 0 radical (unpaired) electrons. The Morgan fingerprint density at radius 2 is 1.86 bits per heavy atom. The quantitative estimate of drug-likeness (QED) is 0.744. The van der Waals surface area contributed by atoms with Gasteiger partial charge in [0.25, 0.3) is 0 Å². The molecule has 0 aromatic heterocycles. The summed E-state index contributed by atoms with van der Waals surface area (Å²) in [5, 5.41) is 3.41. The molecular weight excluding hydrogens is 174 g/mol. The van der Waals surface area contributed by atoms with Crippen LogP contribution in [0.1, 0.15) is 33.1 Å². The minimum Gasteiger partial charge on any atom is -0.316 e. The Bertz CT molecular complexity index is 212. The molecule has 1 saturated carbocycles. The lowest BCUT2D eigenvalue weighted by Crippen LogP contribution is -2.18. The molecule has 2 rings (SSSR count). The topological polar surface area (TPSA) is 29.1 Å². The third kappa shape index (κ3) is 2.00. The van der Waals surface area contributed by atoms with Crippen LogP contribution < -0.4 is 5.32 Å². The molecule has 2 nitrogen and oxygen atoms in total. The average Bonchev–Trinajstić information content (AvgIpc) is 2.58. The van der Waals surface area contributed by atoms with Gasteiger partial charge >= 0.3 is 0 Å². The van der Waals surface area contributed by atoms with E-state index < -0.39 is 0 Å². The minimum atomic E-state index is 0.398. The van der Waals surface area contributed by atoms with Crippen molar-refractivity contribution in [2.24, 2.45) is 23.7 Å². The van der Waals surface area contributed by atoms with Gasteiger partial charge in [0.1, 0.15) is 5.78 Å². The highest BCUT2D eigenvalue weighted by Crippen LogP contribution is 2.39. The van der Waals surface area contributed by atoms with Gasteiger partial charge in [-0.3, -0.25) is 4.79 Å². The first kappa shape index (κ1) is 10.2. The zero-order valence-corrected chi connectivity index (χ0v) is 9.25. The third-order valence-electron chi connectivity index (χ3n) is 3.72. The van der Waals surface area contributed by atoms with E-state index in [1.54, 1.807) is 0 Å². The van der Waals surface area contributed by atoms with Crippen molar-refractivity contribution in [2.75, 3.05) is 13.1 Å². The van der Waals surface area contributed by atoms with Crippen LogP contribution in [0.2, 0.25) is 0 Å². The van der Waals surface area contributed by atoms with E-state index in [0.29, 0.717) is 17.6 Å². The molecule has 0 aromatic rings.